The number of carbonyl (C=O) groups excluding carboxylic acids is 1. The van der Waals surface area contributed by atoms with E-state index in [0.717, 1.165) is 22.1 Å². The van der Waals surface area contributed by atoms with E-state index >= 15 is 0 Å². The van der Waals surface area contributed by atoms with Gasteiger partial charge in [0.2, 0.25) is 5.91 Å². The van der Waals surface area contributed by atoms with Gasteiger partial charge in [-0.15, -0.1) is 0 Å². The third-order valence-corrected chi connectivity index (χ3v) is 3.65. The van der Waals surface area contributed by atoms with Gasteiger partial charge in [0.05, 0.1) is 6.42 Å². The Balaban J connectivity index is 1.82. The Morgan fingerprint density at radius 3 is 2.86 bits per heavy atom. The molecule has 0 radical (unpaired) electrons. The minimum absolute atomic E-state index is 0.155. The highest BCUT2D eigenvalue weighted by Crippen LogP contribution is 2.24. The first-order chi connectivity index (χ1) is 10.5. The molecule has 2 aromatic carbocycles. The standard InChI is InChI=1S/C17H15ClN2O2/c1-10-6-11(2)17-14(7-10)15(20-22-17)9-16(21)19-13-5-3-4-12(18)8-13/h3-8H,9H2,1-2H3,(H,19,21). The quantitative estimate of drug-likeness (QED) is 0.785. The summed E-state index contributed by atoms with van der Waals surface area (Å²) in [6, 6.07) is 11.1. The van der Waals surface area contributed by atoms with Crippen LogP contribution in [0.15, 0.2) is 40.9 Å². The van der Waals surface area contributed by atoms with E-state index in [1.165, 1.54) is 0 Å². The maximum absolute atomic E-state index is 12.2. The fourth-order valence-corrected chi connectivity index (χ4v) is 2.68. The molecule has 0 aliphatic rings. The topological polar surface area (TPSA) is 55.1 Å². The number of hydrogen-bond acceptors (Lipinski definition) is 3. The lowest BCUT2D eigenvalue weighted by Crippen LogP contribution is -2.14. The molecule has 3 aromatic rings. The summed E-state index contributed by atoms with van der Waals surface area (Å²) in [6.45, 7) is 3.98. The third-order valence-electron chi connectivity index (χ3n) is 3.41. The number of aromatic nitrogens is 1. The second-order valence-electron chi connectivity index (χ2n) is 5.32. The average Bonchev–Trinajstić information content (AvgIpc) is 2.82. The molecule has 0 spiro atoms. The molecule has 0 saturated carbocycles. The van der Waals surface area contributed by atoms with Crippen LogP contribution in [-0.4, -0.2) is 11.1 Å². The van der Waals surface area contributed by atoms with Crippen molar-refractivity contribution in [2.24, 2.45) is 0 Å². The number of anilines is 1. The van der Waals surface area contributed by atoms with Gasteiger partial charge < -0.3 is 9.84 Å². The molecule has 0 aliphatic heterocycles. The first-order valence-corrected chi connectivity index (χ1v) is 7.31. The lowest BCUT2D eigenvalue weighted by atomic mass is 10.1. The molecule has 5 heteroatoms. The summed E-state index contributed by atoms with van der Waals surface area (Å²) in [7, 11) is 0. The van der Waals surface area contributed by atoms with Crippen molar-refractivity contribution in [3.8, 4) is 0 Å². The minimum Gasteiger partial charge on any atom is -0.356 e. The van der Waals surface area contributed by atoms with Crippen LogP contribution in [0.3, 0.4) is 0 Å². The Morgan fingerprint density at radius 2 is 2.09 bits per heavy atom. The molecular weight excluding hydrogens is 300 g/mol. The summed E-state index contributed by atoms with van der Waals surface area (Å²) in [5.41, 5.74) is 4.17. The molecule has 112 valence electrons. The van der Waals surface area contributed by atoms with Gasteiger partial charge in [-0.2, -0.15) is 0 Å². The maximum Gasteiger partial charge on any atom is 0.230 e. The van der Waals surface area contributed by atoms with E-state index in [9.17, 15) is 4.79 Å². The van der Waals surface area contributed by atoms with E-state index in [1.807, 2.05) is 26.0 Å². The van der Waals surface area contributed by atoms with Crippen molar-refractivity contribution in [3.63, 3.8) is 0 Å². The van der Waals surface area contributed by atoms with Crippen molar-refractivity contribution in [2.45, 2.75) is 20.3 Å². The molecule has 0 unspecified atom stereocenters. The van der Waals surface area contributed by atoms with Gasteiger partial charge in [-0.05, 0) is 49.2 Å². The smallest absolute Gasteiger partial charge is 0.230 e. The van der Waals surface area contributed by atoms with Crippen LogP contribution in [0.2, 0.25) is 5.02 Å². The number of fused-ring (bicyclic) bond motifs is 1. The van der Waals surface area contributed by atoms with Crippen LogP contribution in [0.4, 0.5) is 5.69 Å². The van der Waals surface area contributed by atoms with E-state index in [2.05, 4.69) is 10.5 Å². The molecular formula is C17H15ClN2O2. The summed E-state index contributed by atoms with van der Waals surface area (Å²) >= 11 is 5.91. The average molecular weight is 315 g/mol. The Bertz CT molecular complexity index is 855. The van der Waals surface area contributed by atoms with E-state index in [1.54, 1.807) is 24.3 Å². The van der Waals surface area contributed by atoms with Crippen LogP contribution < -0.4 is 5.32 Å². The van der Waals surface area contributed by atoms with Crippen molar-refractivity contribution >= 4 is 34.2 Å². The minimum atomic E-state index is -0.156. The highest BCUT2D eigenvalue weighted by molar-refractivity contribution is 6.30. The van der Waals surface area contributed by atoms with Crippen LogP contribution >= 0.6 is 11.6 Å². The number of nitrogens with one attached hydrogen (secondary N) is 1. The van der Waals surface area contributed by atoms with Crippen molar-refractivity contribution in [1.82, 2.24) is 5.16 Å². The molecule has 1 amide bonds. The largest absolute Gasteiger partial charge is 0.356 e. The number of rotatable bonds is 3. The number of hydrogen-bond donors (Lipinski definition) is 1. The van der Waals surface area contributed by atoms with E-state index in [-0.39, 0.29) is 12.3 Å². The van der Waals surface area contributed by atoms with Crippen LogP contribution in [0.1, 0.15) is 16.8 Å². The fourth-order valence-electron chi connectivity index (χ4n) is 2.49. The van der Waals surface area contributed by atoms with Crippen LogP contribution in [-0.2, 0) is 11.2 Å². The van der Waals surface area contributed by atoms with Gasteiger partial charge in [-0.3, -0.25) is 4.79 Å². The number of amides is 1. The molecule has 3 rings (SSSR count). The highest BCUT2D eigenvalue weighted by atomic mass is 35.5. The Hall–Kier alpha value is -2.33. The van der Waals surface area contributed by atoms with E-state index < -0.39 is 0 Å². The van der Waals surface area contributed by atoms with Crippen LogP contribution in [0.5, 0.6) is 0 Å². The zero-order chi connectivity index (χ0) is 15.7. The predicted octanol–water partition coefficient (Wildman–Crippen LogP) is 4.28. The molecule has 0 saturated heterocycles. The predicted molar refractivity (Wildman–Crippen MR) is 87.3 cm³/mol. The summed E-state index contributed by atoms with van der Waals surface area (Å²) in [5.74, 6) is -0.156. The zero-order valence-electron chi connectivity index (χ0n) is 12.3. The molecule has 22 heavy (non-hydrogen) atoms. The summed E-state index contributed by atoms with van der Waals surface area (Å²) < 4.78 is 5.35. The lowest BCUT2D eigenvalue weighted by Gasteiger charge is -2.04. The van der Waals surface area contributed by atoms with Gasteiger partial charge in [-0.25, -0.2) is 0 Å². The lowest BCUT2D eigenvalue weighted by molar-refractivity contribution is -0.115. The van der Waals surface area contributed by atoms with E-state index in [4.69, 9.17) is 16.1 Å². The van der Waals surface area contributed by atoms with Crippen LogP contribution in [0.25, 0.3) is 11.0 Å². The molecule has 1 heterocycles. The second-order valence-corrected chi connectivity index (χ2v) is 5.76. The van der Waals surface area contributed by atoms with E-state index in [0.29, 0.717) is 16.4 Å². The van der Waals surface area contributed by atoms with Crippen LogP contribution in [0, 0.1) is 13.8 Å². The number of halogens is 1. The molecule has 1 aromatic heterocycles. The maximum atomic E-state index is 12.2. The normalized spacial score (nSPS) is 10.9. The first kappa shape index (κ1) is 14.6. The first-order valence-electron chi connectivity index (χ1n) is 6.94. The van der Waals surface area contributed by atoms with Gasteiger partial charge in [0.25, 0.3) is 0 Å². The summed E-state index contributed by atoms with van der Waals surface area (Å²) in [6.07, 6.45) is 0.155. The molecule has 0 aliphatic carbocycles. The molecule has 0 atom stereocenters. The molecule has 1 N–H and O–H groups in total. The van der Waals surface area contributed by atoms with Crippen molar-refractivity contribution in [3.05, 3.63) is 58.2 Å². The number of nitrogens with zero attached hydrogens (tertiary/aromatic N) is 1. The summed E-state index contributed by atoms with van der Waals surface area (Å²) in [4.78, 5) is 12.2. The van der Waals surface area contributed by atoms with Gasteiger partial charge in [0, 0.05) is 16.1 Å². The van der Waals surface area contributed by atoms with Gasteiger partial charge >= 0.3 is 0 Å². The number of benzene rings is 2. The van der Waals surface area contributed by atoms with Crippen molar-refractivity contribution in [1.29, 1.82) is 0 Å². The molecule has 4 nitrogen and oxygen atoms in total. The Morgan fingerprint density at radius 1 is 1.27 bits per heavy atom. The van der Waals surface area contributed by atoms with Gasteiger partial charge in [0.15, 0.2) is 5.58 Å². The second kappa shape index (κ2) is 5.81. The monoisotopic (exact) mass is 314 g/mol. The Labute approximate surface area is 133 Å². The fraction of sp³-hybridized carbons (Fsp3) is 0.176. The van der Waals surface area contributed by atoms with Gasteiger partial charge in [0.1, 0.15) is 5.69 Å². The van der Waals surface area contributed by atoms with Gasteiger partial charge in [-0.1, -0.05) is 28.9 Å². The molecule has 0 fully saturated rings. The van der Waals surface area contributed by atoms with Crippen molar-refractivity contribution < 1.29 is 9.32 Å². The summed E-state index contributed by atoms with van der Waals surface area (Å²) in [5, 5.41) is 8.31. The number of carbonyl (C=O) groups is 1. The Kier molecular flexibility index (Phi) is 3.86. The zero-order valence-corrected chi connectivity index (χ0v) is 13.1. The molecule has 0 bridgehead atoms. The van der Waals surface area contributed by atoms with Crippen molar-refractivity contribution in [2.75, 3.05) is 5.32 Å². The third kappa shape index (κ3) is 2.97. The number of aryl methyl sites for hydroxylation is 2. The SMILES string of the molecule is Cc1cc(C)c2onc(CC(=O)Nc3cccc(Cl)c3)c2c1. The highest BCUT2D eigenvalue weighted by Gasteiger charge is 2.14.